The number of aliphatic carboxylic acids is 1. The Labute approximate surface area is 177 Å². The molecule has 0 spiro atoms. The highest BCUT2D eigenvalue weighted by Gasteiger charge is 2.50. The molecule has 4 unspecified atom stereocenters. The molecule has 174 valence electrons. The summed E-state index contributed by atoms with van der Waals surface area (Å²) in [5, 5.41) is 42.4. The smallest absolute Gasteiger partial charge is 0.364 e. The number of carbonyl (C=O) groups is 3. The summed E-state index contributed by atoms with van der Waals surface area (Å²) in [6.07, 6.45) is -1.55. The number of carbonyl (C=O) groups excluding carboxylic acids is 2. The molecule has 0 saturated carbocycles. The van der Waals surface area contributed by atoms with E-state index in [4.69, 9.17) is 15.2 Å². The van der Waals surface area contributed by atoms with Gasteiger partial charge in [-0.25, -0.2) is 9.78 Å². The predicted molar refractivity (Wildman–Crippen MR) is 102 cm³/mol. The number of carboxylic acid groups (broad SMARTS) is 1. The van der Waals surface area contributed by atoms with E-state index in [1.807, 2.05) is 0 Å². The minimum absolute atomic E-state index is 0.0715. The van der Waals surface area contributed by atoms with E-state index in [1.54, 1.807) is 6.20 Å². The summed E-state index contributed by atoms with van der Waals surface area (Å²) < 4.78 is 10.3. The summed E-state index contributed by atoms with van der Waals surface area (Å²) in [5.41, 5.74) is 6.31. The van der Waals surface area contributed by atoms with Crippen LogP contribution in [-0.2, 0) is 30.3 Å². The maximum Gasteiger partial charge on any atom is 0.364 e. The number of esters is 1. The zero-order chi connectivity index (χ0) is 23.2. The zero-order valence-corrected chi connectivity index (χ0v) is 16.9. The van der Waals surface area contributed by atoms with Gasteiger partial charge in [0.15, 0.2) is 0 Å². The summed E-state index contributed by atoms with van der Waals surface area (Å²) in [4.78, 5) is 41.2. The zero-order valence-electron chi connectivity index (χ0n) is 16.9. The van der Waals surface area contributed by atoms with Gasteiger partial charge in [-0.05, 0) is 0 Å². The van der Waals surface area contributed by atoms with Crippen molar-refractivity contribution in [1.82, 2.24) is 15.3 Å². The Hall–Kier alpha value is -2.58. The molecule has 13 nitrogen and oxygen atoms in total. The molecule has 1 saturated heterocycles. The van der Waals surface area contributed by atoms with Crippen LogP contribution in [-0.4, -0.2) is 91.5 Å². The lowest BCUT2D eigenvalue weighted by Crippen LogP contribution is -2.58. The van der Waals surface area contributed by atoms with Gasteiger partial charge < -0.3 is 45.9 Å². The molecular formula is C18H28N4O9. The maximum absolute atomic E-state index is 12.0. The molecule has 0 bridgehead atoms. The third-order valence-electron chi connectivity index (χ3n) is 4.93. The number of aromatic nitrogens is 2. The highest BCUT2D eigenvalue weighted by molar-refractivity contribution is 5.76. The van der Waals surface area contributed by atoms with Crippen molar-refractivity contribution < 1.29 is 44.3 Å². The van der Waals surface area contributed by atoms with Gasteiger partial charge in [-0.3, -0.25) is 9.59 Å². The van der Waals surface area contributed by atoms with Crippen molar-refractivity contribution in [2.24, 2.45) is 11.7 Å². The van der Waals surface area contributed by atoms with E-state index < -0.39 is 61.0 Å². The Bertz CT molecular complexity index is 759. The second-order valence-corrected chi connectivity index (χ2v) is 7.51. The van der Waals surface area contributed by atoms with Crippen molar-refractivity contribution in [3.05, 3.63) is 18.2 Å². The van der Waals surface area contributed by atoms with E-state index in [0.29, 0.717) is 5.69 Å². The van der Waals surface area contributed by atoms with Crippen LogP contribution >= 0.6 is 0 Å². The molecule has 13 heteroatoms. The predicted octanol–water partition coefficient (Wildman–Crippen LogP) is -2.75. The van der Waals surface area contributed by atoms with Crippen molar-refractivity contribution >= 4 is 17.8 Å². The summed E-state index contributed by atoms with van der Waals surface area (Å²) in [6, 6.07) is -1.01. The van der Waals surface area contributed by atoms with E-state index in [1.165, 1.54) is 13.3 Å². The van der Waals surface area contributed by atoms with Crippen LogP contribution in [0.5, 0.6) is 0 Å². The van der Waals surface area contributed by atoms with Gasteiger partial charge in [0, 0.05) is 44.8 Å². The Kier molecular flexibility index (Phi) is 8.47. The van der Waals surface area contributed by atoms with Gasteiger partial charge in [0.2, 0.25) is 5.91 Å². The van der Waals surface area contributed by atoms with E-state index in [2.05, 4.69) is 15.3 Å². The number of ether oxygens (including phenoxy) is 2. The van der Waals surface area contributed by atoms with Gasteiger partial charge in [-0.15, -0.1) is 0 Å². The lowest BCUT2D eigenvalue weighted by Gasteiger charge is -2.43. The molecule has 0 aliphatic carbocycles. The number of aliphatic hydroxyl groups is 3. The van der Waals surface area contributed by atoms with Gasteiger partial charge in [0.1, 0.15) is 12.6 Å². The number of nitrogens with two attached hydrogens (primary N) is 1. The molecule has 1 fully saturated rings. The Morgan fingerprint density at radius 3 is 2.77 bits per heavy atom. The average molecular weight is 444 g/mol. The third kappa shape index (κ3) is 6.97. The first-order chi connectivity index (χ1) is 14.5. The molecule has 2 rings (SSSR count). The fourth-order valence-electron chi connectivity index (χ4n) is 3.29. The molecule has 1 aliphatic heterocycles. The fourth-order valence-corrected chi connectivity index (χ4v) is 3.29. The van der Waals surface area contributed by atoms with Crippen LogP contribution in [0.2, 0.25) is 0 Å². The first-order valence-corrected chi connectivity index (χ1v) is 9.66. The number of nitrogens with zero attached hydrogens (tertiary/aromatic N) is 1. The van der Waals surface area contributed by atoms with Crippen molar-refractivity contribution in [3.63, 3.8) is 0 Å². The van der Waals surface area contributed by atoms with Crippen LogP contribution < -0.4 is 11.1 Å². The van der Waals surface area contributed by atoms with Gasteiger partial charge in [-0.2, -0.15) is 0 Å². The number of H-pyrrole nitrogens is 1. The quantitative estimate of drug-likeness (QED) is 0.183. The van der Waals surface area contributed by atoms with Crippen molar-refractivity contribution in [3.8, 4) is 0 Å². The number of rotatable bonds is 10. The first kappa shape index (κ1) is 24.7. The number of hydrogen-bond acceptors (Lipinski definition) is 10. The number of aromatic amines is 1. The molecular weight excluding hydrogens is 416 g/mol. The number of hydrogen-bond donors (Lipinski definition) is 7. The molecule has 0 aromatic carbocycles. The topological polar surface area (TPSA) is 217 Å². The largest absolute Gasteiger partial charge is 0.477 e. The molecule has 1 aromatic heterocycles. The summed E-state index contributed by atoms with van der Waals surface area (Å²) >= 11 is 0. The fraction of sp³-hybridized carbons (Fsp3) is 0.667. The van der Waals surface area contributed by atoms with Crippen molar-refractivity contribution in [2.45, 2.75) is 56.3 Å². The normalized spacial score (nSPS) is 27.8. The van der Waals surface area contributed by atoms with Crippen molar-refractivity contribution in [2.75, 3.05) is 13.2 Å². The second-order valence-electron chi connectivity index (χ2n) is 7.51. The lowest BCUT2D eigenvalue weighted by molar-refractivity contribution is -0.287. The van der Waals surface area contributed by atoms with Crippen LogP contribution in [0.25, 0.3) is 0 Å². The van der Waals surface area contributed by atoms with Gasteiger partial charge in [-0.1, -0.05) is 0 Å². The molecule has 1 aromatic rings. The minimum atomic E-state index is -2.65. The van der Waals surface area contributed by atoms with E-state index in [9.17, 15) is 34.8 Å². The Morgan fingerprint density at radius 1 is 1.48 bits per heavy atom. The van der Waals surface area contributed by atoms with Gasteiger partial charge >= 0.3 is 11.9 Å². The standard InChI is InChI=1S/C18H28N4O9/c1-9(23)21-6-12-14(25)4-18(29,17(27)28)31-15(12)3-11(24)7-30-16(26)13(19)2-10-5-20-8-22-10/h5,8,11-15,24-25,29H,2-4,6-7,19H2,1H3,(H,20,22)(H,21,23)(H,27,28)/t11-,12?,13+,14?,15?,18?/m0/s1. The van der Waals surface area contributed by atoms with E-state index >= 15 is 0 Å². The van der Waals surface area contributed by atoms with Crippen LogP contribution in [0, 0.1) is 5.92 Å². The van der Waals surface area contributed by atoms with Crippen LogP contribution in [0.1, 0.15) is 25.5 Å². The molecule has 8 N–H and O–H groups in total. The molecule has 2 heterocycles. The molecule has 31 heavy (non-hydrogen) atoms. The van der Waals surface area contributed by atoms with E-state index in [-0.39, 0.29) is 25.3 Å². The lowest BCUT2D eigenvalue weighted by atomic mass is 9.84. The number of imidazole rings is 1. The summed E-state index contributed by atoms with van der Waals surface area (Å²) in [6.45, 7) is 0.721. The second kappa shape index (κ2) is 10.6. The Morgan fingerprint density at radius 2 is 2.19 bits per heavy atom. The number of aliphatic hydroxyl groups excluding tert-OH is 2. The molecule has 0 radical (unpaired) electrons. The van der Waals surface area contributed by atoms with Crippen molar-refractivity contribution in [1.29, 1.82) is 0 Å². The van der Waals surface area contributed by atoms with Crippen LogP contribution in [0.15, 0.2) is 12.5 Å². The summed E-state index contributed by atoms with van der Waals surface area (Å²) in [7, 11) is 0. The van der Waals surface area contributed by atoms with Gasteiger partial charge in [0.25, 0.3) is 5.79 Å². The number of carboxylic acids is 1. The minimum Gasteiger partial charge on any atom is -0.477 e. The van der Waals surface area contributed by atoms with Crippen LogP contribution in [0.3, 0.4) is 0 Å². The number of nitrogens with one attached hydrogen (secondary N) is 2. The highest BCUT2D eigenvalue weighted by atomic mass is 16.7. The average Bonchev–Trinajstić information content (AvgIpc) is 3.18. The molecule has 1 amide bonds. The highest BCUT2D eigenvalue weighted by Crippen LogP contribution is 2.33. The number of amides is 1. The SMILES string of the molecule is CC(=O)NCC1C(O)CC(O)(C(=O)O)OC1C[C@H](O)COC(=O)[C@H](N)Cc1c[nH]cn1. The van der Waals surface area contributed by atoms with E-state index in [0.717, 1.165) is 0 Å². The molecule has 1 aliphatic rings. The summed E-state index contributed by atoms with van der Waals surface area (Å²) in [5.74, 6) is -6.32. The van der Waals surface area contributed by atoms with Gasteiger partial charge in [0.05, 0.1) is 30.3 Å². The monoisotopic (exact) mass is 444 g/mol. The maximum atomic E-state index is 12.0. The van der Waals surface area contributed by atoms with Crippen LogP contribution in [0.4, 0.5) is 0 Å². The Balaban J connectivity index is 1.95. The first-order valence-electron chi connectivity index (χ1n) is 9.66. The third-order valence-corrected chi connectivity index (χ3v) is 4.93. The molecule has 6 atom stereocenters.